The molecule has 0 spiro atoms. The third kappa shape index (κ3) is 6.42. The summed E-state index contributed by atoms with van der Waals surface area (Å²) in [5.41, 5.74) is 1.02. The molecule has 1 heterocycles. The van der Waals surface area contributed by atoms with Gasteiger partial charge < -0.3 is 19.4 Å². The summed E-state index contributed by atoms with van der Waals surface area (Å²) >= 11 is 6.24. The largest absolute Gasteiger partial charge is 0.506 e. The van der Waals surface area contributed by atoms with E-state index >= 15 is 0 Å². The molecular formula is C20H22ClNO6. The number of carbonyl (C=O) groups is 2. The summed E-state index contributed by atoms with van der Waals surface area (Å²) in [5.74, 6) is -1.27. The van der Waals surface area contributed by atoms with Crippen molar-refractivity contribution in [1.29, 1.82) is 0 Å². The Morgan fingerprint density at radius 2 is 2.00 bits per heavy atom. The Morgan fingerprint density at radius 1 is 1.25 bits per heavy atom. The van der Waals surface area contributed by atoms with Gasteiger partial charge in [-0.25, -0.2) is 9.59 Å². The van der Waals surface area contributed by atoms with Crippen LogP contribution in [0.1, 0.15) is 35.2 Å². The summed E-state index contributed by atoms with van der Waals surface area (Å²) in [7, 11) is 1.25. The predicted octanol–water partition coefficient (Wildman–Crippen LogP) is 3.59. The monoisotopic (exact) mass is 407 g/mol. The van der Waals surface area contributed by atoms with E-state index in [4.69, 9.17) is 21.2 Å². The highest BCUT2D eigenvalue weighted by Crippen LogP contribution is 2.31. The van der Waals surface area contributed by atoms with Gasteiger partial charge in [-0.2, -0.15) is 0 Å². The highest BCUT2D eigenvalue weighted by molar-refractivity contribution is 6.33. The molecule has 0 fully saturated rings. The highest BCUT2D eigenvalue weighted by Gasteiger charge is 2.19. The number of cyclic esters (lactones) is 1. The van der Waals surface area contributed by atoms with Crippen molar-refractivity contribution in [3.05, 3.63) is 52.6 Å². The molecule has 0 saturated heterocycles. The Kier molecular flexibility index (Phi) is 8.55. The molecule has 1 aromatic rings. The van der Waals surface area contributed by atoms with E-state index in [9.17, 15) is 14.7 Å². The Morgan fingerprint density at radius 3 is 2.79 bits per heavy atom. The zero-order valence-electron chi connectivity index (χ0n) is 15.5. The molecule has 1 aromatic carbocycles. The third-order valence-corrected chi connectivity index (χ3v) is 4.31. The van der Waals surface area contributed by atoms with Gasteiger partial charge in [-0.05, 0) is 43.0 Å². The zero-order chi connectivity index (χ0) is 20.4. The molecule has 8 heteroatoms. The van der Waals surface area contributed by atoms with Crippen LogP contribution in [0.4, 0.5) is 0 Å². The minimum atomic E-state index is -0.570. The Bertz CT molecular complexity index is 800. The molecule has 0 aromatic heterocycles. The molecule has 28 heavy (non-hydrogen) atoms. The second kappa shape index (κ2) is 11.1. The van der Waals surface area contributed by atoms with Crippen LogP contribution in [0.2, 0.25) is 5.02 Å². The van der Waals surface area contributed by atoms with Gasteiger partial charge in [0.25, 0.3) is 0 Å². The number of oxime groups is 1. The summed E-state index contributed by atoms with van der Waals surface area (Å²) in [5, 5.41) is 13.9. The Balaban J connectivity index is 2.37. The maximum absolute atomic E-state index is 12.5. The van der Waals surface area contributed by atoms with E-state index in [1.807, 2.05) is 18.2 Å². The maximum Gasteiger partial charge on any atom is 0.346 e. The minimum absolute atomic E-state index is 0.0375. The Labute approximate surface area is 168 Å². The van der Waals surface area contributed by atoms with Gasteiger partial charge in [-0.15, -0.1) is 0 Å². The molecule has 0 amide bonds. The first-order valence-corrected chi connectivity index (χ1v) is 9.15. The van der Waals surface area contributed by atoms with E-state index in [1.165, 1.54) is 19.2 Å². The number of halogens is 1. The van der Waals surface area contributed by atoms with Crippen LogP contribution in [0.25, 0.3) is 0 Å². The minimum Gasteiger partial charge on any atom is -0.506 e. The molecular weight excluding hydrogens is 386 g/mol. The first kappa shape index (κ1) is 21.5. The number of ether oxygens (including phenoxy) is 2. The van der Waals surface area contributed by atoms with Crippen LogP contribution in [0, 0.1) is 0 Å². The number of hydrogen-bond acceptors (Lipinski definition) is 7. The second-order valence-corrected chi connectivity index (χ2v) is 6.29. The number of methoxy groups -OCH3 is 1. The number of esters is 2. The highest BCUT2D eigenvalue weighted by atomic mass is 35.5. The van der Waals surface area contributed by atoms with E-state index in [1.54, 1.807) is 6.08 Å². The molecule has 0 unspecified atom stereocenters. The zero-order valence-corrected chi connectivity index (χ0v) is 16.3. The number of aromatic hydroxyl groups is 1. The fraction of sp³-hybridized carbons (Fsp3) is 0.350. The molecule has 1 N–H and O–H groups in total. The topological polar surface area (TPSA) is 94.4 Å². The standard InChI is InChI=1S/C20H22ClNO6/c1-26-18(24)13-28-22-14-8-6-4-2-3-5-7-11-27-20(25)15-9-10-17(23)19(21)16(15)12-14/h3,5-6,8-10,23H,2,4,7,11-13H2,1H3/b5-3+,8-6+,22-14-. The average molecular weight is 408 g/mol. The third-order valence-electron chi connectivity index (χ3n) is 3.89. The molecule has 1 aliphatic heterocycles. The number of benzene rings is 1. The lowest BCUT2D eigenvalue weighted by atomic mass is 10.0. The van der Waals surface area contributed by atoms with Crippen LogP contribution in [-0.2, 0) is 25.5 Å². The van der Waals surface area contributed by atoms with E-state index < -0.39 is 11.9 Å². The molecule has 150 valence electrons. The lowest BCUT2D eigenvalue weighted by Crippen LogP contribution is -2.13. The van der Waals surface area contributed by atoms with Gasteiger partial charge in [-0.1, -0.05) is 35.0 Å². The number of allylic oxidation sites excluding steroid dienone is 3. The van der Waals surface area contributed by atoms with Gasteiger partial charge in [-0.3, -0.25) is 0 Å². The number of hydrogen-bond donors (Lipinski definition) is 1. The van der Waals surface area contributed by atoms with E-state index in [0.717, 1.165) is 12.8 Å². The van der Waals surface area contributed by atoms with Gasteiger partial charge in [0.2, 0.25) is 6.61 Å². The van der Waals surface area contributed by atoms with Crippen LogP contribution in [-0.4, -0.2) is 43.1 Å². The van der Waals surface area contributed by atoms with Crippen molar-refractivity contribution in [2.75, 3.05) is 20.3 Å². The van der Waals surface area contributed by atoms with Gasteiger partial charge in [0.15, 0.2) is 0 Å². The van der Waals surface area contributed by atoms with E-state index in [-0.39, 0.29) is 36.0 Å². The lowest BCUT2D eigenvalue weighted by molar-refractivity contribution is -0.145. The molecule has 0 bridgehead atoms. The smallest absolute Gasteiger partial charge is 0.346 e. The molecule has 0 aliphatic carbocycles. The first-order valence-electron chi connectivity index (χ1n) is 8.77. The number of carbonyl (C=O) groups excluding carboxylic acids is 2. The number of nitrogens with zero attached hydrogens (tertiary/aromatic N) is 1. The fourth-order valence-electron chi connectivity index (χ4n) is 2.45. The van der Waals surface area contributed by atoms with Crippen LogP contribution in [0.15, 0.2) is 41.6 Å². The molecule has 0 saturated carbocycles. The van der Waals surface area contributed by atoms with Crippen molar-refractivity contribution in [3.8, 4) is 5.75 Å². The summed E-state index contributed by atoms with van der Waals surface area (Å²) in [4.78, 5) is 28.7. The van der Waals surface area contributed by atoms with Crippen molar-refractivity contribution < 1.29 is 29.0 Å². The average Bonchev–Trinajstić information content (AvgIpc) is 2.68. The molecule has 0 atom stereocenters. The van der Waals surface area contributed by atoms with Gasteiger partial charge in [0.1, 0.15) is 5.75 Å². The second-order valence-electron chi connectivity index (χ2n) is 5.91. The molecule has 1 aliphatic rings. The van der Waals surface area contributed by atoms with Crippen LogP contribution < -0.4 is 0 Å². The quantitative estimate of drug-likeness (QED) is 0.467. The molecule has 0 radical (unpaired) electrons. The van der Waals surface area contributed by atoms with Crippen molar-refractivity contribution in [1.82, 2.24) is 0 Å². The summed E-state index contributed by atoms with van der Waals surface area (Å²) in [6.07, 6.45) is 9.91. The maximum atomic E-state index is 12.5. The van der Waals surface area contributed by atoms with Crippen molar-refractivity contribution in [3.63, 3.8) is 0 Å². The van der Waals surface area contributed by atoms with Crippen molar-refractivity contribution in [2.45, 2.75) is 25.7 Å². The predicted molar refractivity (Wildman–Crippen MR) is 105 cm³/mol. The van der Waals surface area contributed by atoms with Crippen molar-refractivity contribution >= 4 is 29.3 Å². The van der Waals surface area contributed by atoms with Crippen LogP contribution in [0.5, 0.6) is 5.75 Å². The number of phenols is 1. The number of phenolic OH excluding ortho intramolecular Hbond substituents is 1. The normalized spacial score (nSPS) is 19.1. The molecule has 7 nitrogen and oxygen atoms in total. The summed E-state index contributed by atoms with van der Waals surface area (Å²) < 4.78 is 9.80. The number of rotatable bonds is 3. The van der Waals surface area contributed by atoms with E-state index in [2.05, 4.69) is 9.89 Å². The van der Waals surface area contributed by atoms with Gasteiger partial charge in [0, 0.05) is 6.42 Å². The van der Waals surface area contributed by atoms with Crippen LogP contribution in [0.3, 0.4) is 0 Å². The van der Waals surface area contributed by atoms with Crippen LogP contribution >= 0.6 is 11.6 Å². The summed E-state index contributed by atoms with van der Waals surface area (Å²) in [6, 6.07) is 2.79. The van der Waals surface area contributed by atoms with Gasteiger partial charge >= 0.3 is 11.9 Å². The summed E-state index contributed by atoms with van der Waals surface area (Å²) in [6.45, 7) is -0.106. The Hall–Kier alpha value is -2.80. The van der Waals surface area contributed by atoms with Crippen molar-refractivity contribution in [2.24, 2.45) is 5.16 Å². The van der Waals surface area contributed by atoms with E-state index in [0.29, 0.717) is 17.7 Å². The number of fused-ring (bicyclic) bond motifs is 1. The first-order chi connectivity index (χ1) is 13.5. The SMILES string of the molecule is COC(=O)CO/N=C1/C=C/CC/C=C/CCOC(=O)c2ccc(O)c(Cl)c2C1. The lowest BCUT2D eigenvalue weighted by Gasteiger charge is -2.13. The molecule has 2 rings (SSSR count). The van der Waals surface area contributed by atoms with Gasteiger partial charge in [0.05, 0.1) is 30.0 Å². The fourth-order valence-corrected chi connectivity index (χ4v) is 2.68.